The number of ether oxygens (including phenoxy) is 5. The molecule has 0 spiro atoms. The summed E-state index contributed by atoms with van der Waals surface area (Å²) in [4.78, 5) is 11.6. The van der Waals surface area contributed by atoms with Gasteiger partial charge in [-0.1, -0.05) is 19.6 Å². The van der Waals surface area contributed by atoms with E-state index in [4.69, 9.17) is 20.6 Å². The normalized spacial score (nSPS) is 12.6. The van der Waals surface area contributed by atoms with Gasteiger partial charge >= 0.3 is 5.97 Å². The molecule has 118 valence electrons. The van der Waals surface area contributed by atoms with E-state index in [2.05, 4.69) is 22.6 Å². The summed E-state index contributed by atoms with van der Waals surface area (Å²) in [6.07, 6.45) is 8.93. The van der Waals surface area contributed by atoms with Crippen molar-refractivity contribution in [2.24, 2.45) is 5.41 Å². The minimum Gasteiger partial charge on any atom is -0.476 e. The van der Waals surface area contributed by atoms with Crippen molar-refractivity contribution in [1.29, 1.82) is 0 Å². The van der Waals surface area contributed by atoms with E-state index >= 15 is 0 Å². The summed E-state index contributed by atoms with van der Waals surface area (Å²) in [6, 6.07) is 0. The van der Waals surface area contributed by atoms with Gasteiger partial charge in [-0.2, -0.15) is 0 Å². The lowest BCUT2D eigenvalue weighted by atomic mass is 9.87. The van der Waals surface area contributed by atoms with Gasteiger partial charge in [-0.15, -0.1) is 0 Å². The first-order valence-electron chi connectivity index (χ1n) is 6.00. The van der Waals surface area contributed by atoms with E-state index in [9.17, 15) is 9.90 Å². The van der Waals surface area contributed by atoms with Crippen molar-refractivity contribution in [2.45, 2.75) is 6.42 Å². The van der Waals surface area contributed by atoms with E-state index in [1.807, 2.05) is 6.11 Å². The van der Waals surface area contributed by atoms with Crippen molar-refractivity contribution in [2.75, 3.05) is 33.4 Å². The summed E-state index contributed by atoms with van der Waals surface area (Å²) in [5.41, 5.74) is -1.01. The van der Waals surface area contributed by atoms with Crippen LogP contribution in [-0.2, 0) is 28.5 Å². The molecule has 7 nitrogen and oxygen atoms in total. The molecular formula is C14H20O7. The zero-order valence-electron chi connectivity index (χ0n) is 11.8. The molecule has 0 aromatic heterocycles. The van der Waals surface area contributed by atoms with E-state index in [0.29, 0.717) is 0 Å². The van der Waals surface area contributed by atoms with Crippen LogP contribution in [0.2, 0.25) is 0 Å². The van der Waals surface area contributed by atoms with Gasteiger partial charge in [0.1, 0.15) is 6.11 Å². The first kappa shape index (κ1) is 19.0. The van der Waals surface area contributed by atoms with Crippen LogP contribution >= 0.6 is 0 Å². The molecule has 0 aromatic carbocycles. The quantitative estimate of drug-likeness (QED) is 0.177. The van der Waals surface area contributed by atoms with Crippen LogP contribution in [-0.4, -0.2) is 44.5 Å². The Balaban J connectivity index is 4.57. The molecule has 1 atom stereocenters. The van der Waals surface area contributed by atoms with E-state index in [1.165, 1.54) is 6.26 Å². The number of rotatable bonds is 13. The minimum absolute atomic E-state index is 0.000361. The van der Waals surface area contributed by atoms with Crippen molar-refractivity contribution in [3.05, 3.63) is 25.7 Å². The fraction of sp³-hybridized carbons (Fsp3) is 0.500. The van der Waals surface area contributed by atoms with Crippen molar-refractivity contribution >= 4 is 5.97 Å². The molecule has 0 rings (SSSR count). The molecule has 21 heavy (non-hydrogen) atoms. The highest BCUT2D eigenvalue weighted by atomic mass is 16.7. The molecule has 0 bridgehead atoms. The van der Waals surface area contributed by atoms with E-state index in [1.54, 1.807) is 0 Å². The number of aliphatic hydroxyl groups excluding tert-OH is 1. The Morgan fingerprint density at radius 3 is 2.43 bits per heavy atom. The van der Waals surface area contributed by atoms with Gasteiger partial charge in [0.2, 0.25) is 0 Å². The molecular weight excluding hydrogens is 280 g/mol. The Morgan fingerprint density at radius 1 is 1.24 bits per heavy atom. The molecule has 0 radical (unpaired) electrons. The molecule has 0 amide bonds. The molecule has 1 unspecified atom stereocenters. The maximum absolute atomic E-state index is 11.6. The van der Waals surface area contributed by atoms with Gasteiger partial charge < -0.3 is 28.8 Å². The molecule has 1 N–H and O–H groups in total. The highest BCUT2D eigenvalue weighted by Crippen LogP contribution is 2.24. The summed E-state index contributed by atoms with van der Waals surface area (Å²) >= 11 is 0. The number of carbonyl (C=O) groups is 1. The van der Waals surface area contributed by atoms with Crippen LogP contribution in [0.5, 0.6) is 0 Å². The van der Waals surface area contributed by atoms with E-state index < -0.39 is 11.4 Å². The second kappa shape index (κ2) is 11.8. The van der Waals surface area contributed by atoms with Gasteiger partial charge in [0.15, 0.2) is 13.6 Å². The largest absolute Gasteiger partial charge is 0.476 e. The Hall–Kier alpha value is -2.01. The zero-order valence-corrected chi connectivity index (χ0v) is 11.8. The molecule has 0 aliphatic rings. The second-order valence-corrected chi connectivity index (χ2v) is 4.02. The third-order valence-corrected chi connectivity index (χ3v) is 2.38. The zero-order chi connectivity index (χ0) is 16.0. The van der Waals surface area contributed by atoms with Gasteiger partial charge in [-0.25, -0.2) is 0 Å². The van der Waals surface area contributed by atoms with Gasteiger partial charge in [0.25, 0.3) is 0 Å². The summed E-state index contributed by atoms with van der Waals surface area (Å²) in [6.45, 7) is 6.02. The first-order chi connectivity index (χ1) is 10.1. The van der Waals surface area contributed by atoms with Gasteiger partial charge in [-0.3, -0.25) is 4.79 Å². The highest BCUT2D eigenvalue weighted by molar-refractivity contribution is 5.71. The average Bonchev–Trinajstić information content (AvgIpc) is 2.48. The number of hydrogen-bond donors (Lipinski definition) is 1. The third-order valence-electron chi connectivity index (χ3n) is 2.38. The first-order valence-corrected chi connectivity index (χ1v) is 6.00. The van der Waals surface area contributed by atoms with Crippen LogP contribution in [0.15, 0.2) is 25.7 Å². The van der Waals surface area contributed by atoms with Crippen LogP contribution in [0, 0.1) is 17.9 Å². The van der Waals surface area contributed by atoms with Crippen molar-refractivity contribution in [3.8, 4) is 12.5 Å². The molecule has 7 heteroatoms. The average molecular weight is 300 g/mol. The molecule has 0 aromatic rings. The summed E-state index contributed by atoms with van der Waals surface area (Å²) < 4.78 is 24.4. The van der Waals surface area contributed by atoms with E-state index in [0.717, 1.165) is 6.26 Å². The molecule has 0 heterocycles. The summed E-state index contributed by atoms with van der Waals surface area (Å²) in [5, 5.41) is 9.57. The Bertz CT molecular complexity index is 361. The molecule has 0 aliphatic carbocycles. The number of hydrogen-bond acceptors (Lipinski definition) is 7. The van der Waals surface area contributed by atoms with E-state index in [-0.39, 0.29) is 39.8 Å². The van der Waals surface area contributed by atoms with Gasteiger partial charge in [0, 0.05) is 0 Å². The number of aliphatic hydroxyl groups is 1. The Kier molecular flexibility index (Phi) is 10.7. The van der Waals surface area contributed by atoms with Crippen LogP contribution in [0.1, 0.15) is 6.42 Å². The second-order valence-electron chi connectivity index (χ2n) is 4.02. The number of terminal acetylenes is 1. The maximum atomic E-state index is 11.6. The maximum Gasteiger partial charge on any atom is 0.311 e. The summed E-state index contributed by atoms with van der Waals surface area (Å²) in [5.74, 6) is -0.575. The smallest absolute Gasteiger partial charge is 0.311 e. The molecule has 0 aliphatic heterocycles. The summed E-state index contributed by atoms with van der Waals surface area (Å²) in [7, 11) is 0. The minimum atomic E-state index is -1.01. The number of carbonyl (C=O) groups excluding carboxylic acids is 1. The van der Waals surface area contributed by atoms with Crippen molar-refractivity contribution in [3.63, 3.8) is 0 Å². The lowest BCUT2D eigenvalue weighted by molar-refractivity contribution is -0.151. The molecule has 0 fully saturated rings. The predicted molar refractivity (Wildman–Crippen MR) is 73.3 cm³/mol. The van der Waals surface area contributed by atoms with Gasteiger partial charge in [-0.05, 0) is 0 Å². The standard InChI is InChI=1S/C14H20O7/c1-4-17-11-19-9-14(8-15,7-13(16)21-6-3)10-20-12-18-5-2/h1,5-6,15H,2-3,7-12H2. The lowest BCUT2D eigenvalue weighted by Crippen LogP contribution is -2.39. The van der Waals surface area contributed by atoms with Crippen LogP contribution in [0.4, 0.5) is 0 Å². The van der Waals surface area contributed by atoms with Crippen LogP contribution in [0.25, 0.3) is 0 Å². The van der Waals surface area contributed by atoms with Crippen LogP contribution < -0.4 is 0 Å². The third kappa shape index (κ3) is 8.70. The fourth-order valence-electron chi connectivity index (χ4n) is 1.42. The van der Waals surface area contributed by atoms with Crippen molar-refractivity contribution in [1.82, 2.24) is 0 Å². The van der Waals surface area contributed by atoms with Crippen molar-refractivity contribution < 1.29 is 33.6 Å². The Morgan fingerprint density at radius 2 is 1.90 bits per heavy atom. The SMILES string of the molecule is C#COCOCC(CO)(COCOC=C)CC(=O)OC=C. The molecule has 0 saturated carbocycles. The van der Waals surface area contributed by atoms with Crippen LogP contribution in [0.3, 0.4) is 0 Å². The number of esters is 1. The molecule has 0 saturated heterocycles. The lowest BCUT2D eigenvalue weighted by Gasteiger charge is -2.29. The Labute approximate surface area is 124 Å². The van der Waals surface area contributed by atoms with Gasteiger partial charge in [0.05, 0.1) is 44.2 Å². The highest BCUT2D eigenvalue weighted by Gasteiger charge is 2.34. The topological polar surface area (TPSA) is 83.5 Å². The monoisotopic (exact) mass is 300 g/mol. The fourth-order valence-corrected chi connectivity index (χ4v) is 1.42. The predicted octanol–water partition coefficient (Wildman–Crippen LogP) is 0.757.